The van der Waals surface area contributed by atoms with E-state index in [9.17, 15) is 13.2 Å². The van der Waals surface area contributed by atoms with Crippen LogP contribution >= 0.6 is 0 Å². The van der Waals surface area contributed by atoms with Gasteiger partial charge in [0.25, 0.3) is 0 Å². The van der Waals surface area contributed by atoms with E-state index in [1.807, 2.05) is 36.4 Å². The van der Waals surface area contributed by atoms with E-state index in [0.29, 0.717) is 18.8 Å². The van der Waals surface area contributed by atoms with Crippen molar-refractivity contribution in [3.63, 3.8) is 0 Å². The molecule has 0 unspecified atom stereocenters. The van der Waals surface area contributed by atoms with Crippen LogP contribution in [0.15, 0.2) is 48.5 Å². The molecule has 0 saturated carbocycles. The lowest BCUT2D eigenvalue weighted by molar-refractivity contribution is 0.252. The van der Waals surface area contributed by atoms with Crippen LogP contribution in [0.4, 0.5) is 16.2 Å². The molecule has 1 saturated heterocycles. The van der Waals surface area contributed by atoms with Crippen molar-refractivity contribution in [3.05, 3.63) is 54.1 Å². The minimum Gasteiger partial charge on any atom is -0.496 e. The summed E-state index contributed by atoms with van der Waals surface area (Å²) in [6.07, 6.45) is 1.13. The summed E-state index contributed by atoms with van der Waals surface area (Å²) in [7, 11) is -1.68. The first-order valence-electron chi connectivity index (χ1n) is 10.8. The van der Waals surface area contributed by atoms with Gasteiger partial charge in [0.05, 0.1) is 13.4 Å². The molecule has 0 aliphatic carbocycles. The molecule has 0 bridgehead atoms. The molecule has 0 aromatic heterocycles. The number of rotatable bonds is 5. The van der Waals surface area contributed by atoms with E-state index in [4.69, 9.17) is 4.74 Å². The minimum absolute atomic E-state index is 0.101. The van der Waals surface area contributed by atoms with Gasteiger partial charge in [-0.3, -0.25) is 9.62 Å². The van der Waals surface area contributed by atoms with Crippen LogP contribution in [0.3, 0.4) is 0 Å². The molecule has 3 aromatic carbocycles. The lowest BCUT2D eigenvalue weighted by Gasteiger charge is -2.27. The van der Waals surface area contributed by atoms with Crippen molar-refractivity contribution in [3.8, 4) is 16.9 Å². The number of ether oxygens (including phenoxy) is 1. The van der Waals surface area contributed by atoms with Gasteiger partial charge in [-0.1, -0.05) is 39.0 Å². The number of hydrogen-bond acceptors (Lipinski definition) is 4. The smallest absolute Gasteiger partial charge is 0.321 e. The average Bonchev–Trinajstić information content (AvgIpc) is 3.16. The Morgan fingerprint density at radius 1 is 1.03 bits per heavy atom. The maximum atomic E-state index is 12.4. The third kappa shape index (κ3) is 4.75. The topological polar surface area (TPSA) is 87.7 Å². The first-order chi connectivity index (χ1) is 15.5. The largest absolute Gasteiger partial charge is 0.496 e. The van der Waals surface area contributed by atoms with E-state index in [2.05, 4.69) is 36.9 Å². The molecule has 1 fully saturated rings. The number of urea groups is 1. The van der Waals surface area contributed by atoms with Crippen LogP contribution in [0.2, 0.25) is 0 Å². The summed E-state index contributed by atoms with van der Waals surface area (Å²) in [5.74, 6) is 0.778. The molecule has 8 heteroatoms. The molecule has 1 aliphatic rings. The highest BCUT2D eigenvalue weighted by atomic mass is 32.2. The van der Waals surface area contributed by atoms with Crippen molar-refractivity contribution >= 4 is 38.2 Å². The van der Waals surface area contributed by atoms with Gasteiger partial charge in [-0.25, -0.2) is 13.2 Å². The Kier molecular flexibility index (Phi) is 5.74. The zero-order valence-electron chi connectivity index (χ0n) is 19.5. The SMILES string of the molecule is COc1c(-c2ccc3cc(NS(C)(=O)=O)ccc3c2)cc(N2CCNC2=O)cc1C(C)(C)C. The summed E-state index contributed by atoms with van der Waals surface area (Å²) in [6.45, 7) is 7.60. The Hall–Kier alpha value is -3.26. The van der Waals surface area contributed by atoms with Crippen molar-refractivity contribution in [2.24, 2.45) is 0 Å². The van der Waals surface area contributed by atoms with Crippen LogP contribution in [0.25, 0.3) is 21.9 Å². The number of carbonyl (C=O) groups excluding carboxylic acids is 1. The fourth-order valence-electron chi connectivity index (χ4n) is 4.17. The van der Waals surface area contributed by atoms with Gasteiger partial charge in [0.2, 0.25) is 10.0 Å². The first-order valence-corrected chi connectivity index (χ1v) is 12.7. The Morgan fingerprint density at radius 3 is 2.33 bits per heavy atom. The second-order valence-corrected chi connectivity index (χ2v) is 11.1. The second-order valence-electron chi connectivity index (χ2n) is 9.36. The number of sulfonamides is 1. The zero-order chi connectivity index (χ0) is 24.0. The number of hydrogen-bond donors (Lipinski definition) is 2. The van der Waals surface area contributed by atoms with Gasteiger partial charge in [-0.05, 0) is 52.1 Å². The average molecular weight is 468 g/mol. The van der Waals surface area contributed by atoms with Crippen LogP contribution in [0.1, 0.15) is 26.3 Å². The van der Waals surface area contributed by atoms with Gasteiger partial charge in [0.1, 0.15) is 5.75 Å². The van der Waals surface area contributed by atoms with E-state index < -0.39 is 10.0 Å². The fraction of sp³-hybridized carbons (Fsp3) is 0.320. The fourth-order valence-corrected chi connectivity index (χ4v) is 4.72. The molecule has 0 atom stereocenters. The number of amides is 2. The Morgan fingerprint density at radius 2 is 1.73 bits per heavy atom. The van der Waals surface area contributed by atoms with Gasteiger partial charge in [-0.15, -0.1) is 0 Å². The molecule has 0 spiro atoms. The zero-order valence-corrected chi connectivity index (χ0v) is 20.3. The second kappa shape index (κ2) is 8.26. The molecule has 3 aromatic rings. The molecule has 174 valence electrons. The summed E-state index contributed by atoms with van der Waals surface area (Å²) >= 11 is 0. The van der Waals surface area contributed by atoms with Gasteiger partial charge in [-0.2, -0.15) is 0 Å². The molecule has 2 amide bonds. The summed E-state index contributed by atoms with van der Waals surface area (Å²) in [4.78, 5) is 14.1. The number of anilines is 2. The highest BCUT2D eigenvalue weighted by molar-refractivity contribution is 7.92. The highest BCUT2D eigenvalue weighted by Gasteiger charge is 2.28. The molecule has 2 N–H and O–H groups in total. The van der Waals surface area contributed by atoms with Gasteiger partial charge in [0.15, 0.2) is 0 Å². The number of nitrogens with zero attached hydrogens (tertiary/aromatic N) is 1. The van der Waals surface area contributed by atoms with Crippen LogP contribution < -0.4 is 19.7 Å². The summed E-state index contributed by atoms with van der Waals surface area (Å²) in [5, 5.41) is 4.75. The van der Waals surface area contributed by atoms with E-state index in [1.54, 1.807) is 18.1 Å². The lowest BCUT2D eigenvalue weighted by atomic mass is 9.83. The molecular weight excluding hydrogens is 438 g/mol. The normalized spacial score (nSPS) is 14.5. The lowest BCUT2D eigenvalue weighted by Crippen LogP contribution is -2.28. The number of nitrogens with one attached hydrogen (secondary N) is 2. The summed E-state index contributed by atoms with van der Waals surface area (Å²) in [6, 6.07) is 15.4. The van der Waals surface area contributed by atoms with Crippen LogP contribution in [0.5, 0.6) is 5.75 Å². The number of benzene rings is 3. The van der Waals surface area contributed by atoms with Crippen molar-refractivity contribution in [1.29, 1.82) is 0 Å². The van der Waals surface area contributed by atoms with Crippen molar-refractivity contribution < 1.29 is 17.9 Å². The Bertz CT molecular complexity index is 1340. The predicted octanol–water partition coefficient (Wildman–Crippen LogP) is 4.71. The number of fused-ring (bicyclic) bond motifs is 1. The van der Waals surface area contributed by atoms with Gasteiger partial charge < -0.3 is 10.1 Å². The molecule has 4 rings (SSSR count). The first kappa shape index (κ1) is 22.9. The molecule has 7 nitrogen and oxygen atoms in total. The van der Waals surface area contributed by atoms with E-state index in [0.717, 1.165) is 45.2 Å². The molecule has 1 aliphatic heterocycles. The third-order valence-corrected chi connectivity index (χ3v) is 6.32. The van der Waals surface area contributed by atoms with Gasteiger partial charge in [0, 0.05) is 35.6 Å². The maximum absolute atomic E-state index is 12.4. The maximum Gasteiger partial charge on any atom is 0.321 e. The molecular formula is C25H29N3O4S. The van der Waals surface area contributed by atoms with Crippen LogP contribution in [-0.2, 0) is 15.4 Å². The Labute approximate surface area is 194 Å². The molecule has 33 heavy (non-hydrogen) atoms. The number of methoxy groups -OCH3 is 1. The molecule has 0 radical (unpaired) electrons. The minimum atomic E-state index is -3.35. The van der Waals surface area contributed by atoms with E-state index in [1.165, 1.54) is 0 Å². The predicted molar refractivity (Wildman–Crippen MR) is 134 cm³/mol. The highest BCUT2D eigenvalue weighted by Crippen LogP contribution is 2.43. The summed E-state index contributed by atoms with van der Waals surface area (Å²) < 4.78 is 31.5. The van der Waals surface area contributed by atoms with Crippen molar-refractivity contribution in [2.45, 2.75) is 26.2 Å². The van der Waals surface area contributed by atoms with Crippen LogP contribution in [-0.4, -0.2) is 40.9 Å². The molecule has 1 heterocycles. The Balaban J connectivity index is 1.87. The van der Waals surface area contributed by atoms with Gasteiger partial charge >= 0.3 is 6.03 Å². The third-order valence-electron chi connectivity index (χ3n) is 5.71. The standard InChI is InChI=1S/C25H29N3O4S/c1-25(2,3)22-15-20(28-11-10-26-24(28)29)14-21(23(22)32-4)18-7-6-17-13-19(27-33(5,30)31)9-8-16(17)12-18/h6-9,12-15,27H,10-11H2,1-5H3,(H,26,29). The summed E-state index contributed by atoms with van der Waals surface area (Å²) in [5.41, 5.74) is 4.03. The van der Waals surface area contributed by atoms with E-state index >= 15 is 0 Å². The number of carbonyl (C=O) groups is 1. The van der Waals surface area contributed by atoms with Crippen molar-refractivity contribution in [2.75, 3.05) is 36.1 Å². The quantitative estimate of drug-likeness (QED) is 0.569. The van der Waals surface area contributed by atoms with Crippen molar-refractivity contribution in [1.82, 2.24) is 5.32 Å². The van der Waals surface area contributed by atoms with E-state index in [-0.39, 0.29) is 11.4 Å². The van der Waals surface area contributed by atoms with Crippen LogP contribution in [0, 0.1) is 0 Å². The monoisotopic (exact) mass is 467 g/mol.